The van der Waals surface area contributed by atoms with Crippen LogP contribution in [0.25, 0.3) is 0 Å². The molecule has 0 atom stereocenters. The van der Waals surface area contributed by atoms with Gasteiger partial charge < -0.3 is 10.2 Å². The Hall–Kier alpha value is -1.50. The first-order valence-electron chi connectivity index (χ1n) is 5.48. The van der Waals surface area contributed by atoms with Crippen molar-refractivity contribution in [2.24, 2.45) is 5.84 Å². The lowest BCUT2D eigenvalue weighted by atomic mass is 10.2. The second-order valence-electron chi connectivity index (χ2n) is 3.64. The standard InChI is InChI=1S/C12H13ClN4OS/c1-19-12-15-10(17-14)6-11(16-12)18-7-8-3-2-4-9(13)5-8/h2-6H,7,14H2,1H3,(H,15,16,17). The minimum Gasteiger partial charge on any atom is -0.473 e. The van der Waals surface area contributed by atoms with Crippen LogP contribution in [0.15, 0.2) is 35.5 Å². The molecule has 1 aromatic heterocycles. The summed E-state index contributed by atoms with van der Waals surface area (Å²) in [6, 6.07) is 9.12. The van der Waals surface area contributed by atoms with Gasteiger partial charge in [-0.05, 0) is 24.0 Å². The molecular formula is C12H13ClN4OS. The zero-order valence-corrected chi connectivity index (χ0v) is 11.8. The zero-order chi connectivity index (χ0) is 13.7. The number of rotatable bonds is 5. The highest BCUT2D eigenvalue weighted by Gasteiger charge is 2.04. The summed E-state index contributed by atoms with van der Waals surface area (Å²) in [7, 11) is 0. The molecule has 2 aromatic rings. The number of nitrogens with zero attached hydrogens (tertiary/aromatic N) is 2. The van der Waals surface area contributed by atoms with E-state index in [1.54, 1.807) is 6.07 Å². The van der Waals surface area contributed by atoms with Crippen LogP contribution in [-0.2, 0) is 6.61 Å². The van der Waals surface area contributed by atoms with E-state index in [1.807, 2.05) is 30.5 Å². The van der Waals surface area contributed by atoms with Gasteiger partial charge in [0, 0.05) is 11.1 Å². The molecule has 0 radical (unpaired) electrons. The summed E-state index contributed by atoms with van der Waals surface area (Å²) in [6.45, 7) is 0.384. The normalized spacial score (nSPS) is 10.3. The van der Waals surface area contributed by atoms with Gasteiger partial charge in [0.05, 0.1) is 0 Å². The molecule has 0 saturated carbocycles. The van der Waals surface area contributed by atoms with Gasteiger partial charge in [-0.15, -0.1) is 0 Å². The number of ether oxygens (including phenoxy) is 1. The highest BCUT2D eigenvalue weighted by molar-refractivity contribution is 7.98. The van der Waals surface area contributed by atoms with Crippen LogP contribution in [0.1, 0.15) is 5.56 Å². The van der Waals surface area contributed by atoms with E-state index < -0.39 is 0 Å². The van der Waals surface area contributed by atoms with Crippen LogP contribution >= 0.6 is 23.4 Å². The van der Waals surface area contributed by atoms with Crippen molar-refractivity contribution in [1.29, 1.82) is 0 Å². The maximum Gasteiger partial charge on any atom is 0.219 e. The smallest absolute Gasteiger partial charge is 0.219 e. The Balaban J connectivity index is 2.10. The number of thioether (sulfide) groups is 1. The summed E-state index contributed by atoms with van der Waals surface area (Å²) in [5.74, 6) is 6.33. The van der Waals surface area contributed by atoms with Gasteiger partial charge in [0.2, 0.25) is 5.88 Å². The molecule has 0 aliphatic heterocycles. The van der Waals surface area contributed by atoms with Crippen molar-refractivity contribution in [3.05, 3.63) is 40.9 Å². The maximum absolute atomic E-state index is 5.91. The lowest BCUT2D eigenvalue weighted by molar-refractivity contribution is 0.291. The van der Waals surface area contributed by atoms with Gasteiger partial charge in [-0.25, -0.2) is 10.8 Å². The van der Waals surface area contributed by atoms with Crippen molar-refractivity contribution in [3.8, 4) is 5.88 Å². The largest absolute Gasteiger partial charge is 0.473 e. The molecule has 0 aliphatic carbocycles. The molecular weight excluding hydrogens is 284 g/mol. The number of aromatic nitrogens is 2. The summed E-state index contributed by atoms with van der Waals surface area (Å²) < 4.78 is 5.61. The number of halogens is 1. The van der Waals surface area contributed by atoms with Crippen molar-refractivity contribution in [2.75, 3.05) is 11.7 Å². The fourth-order valence-corrected chi connectivity index (χ4v) is 2.01. The van der Waals surface area contributed by atoms with Crippen molar-refractivity contribution in [1.82, 2.24) is 9.97 Å². The lowest BCUT2D eigenvalue weighted by Crippen LogP contribution is -2.10. The van der Waals surface area contributed by atoms with Crippen LogP contribution in [0.5, 0.6) is 5.88 Å². The van der Waals surface area contributed by atoms with E-state index in [4.69, 9.17) is 22.2 Å². The minimum absolute atomic E-state index is 0.384. The molecule has 5 nitrogen and oxygen atoms in total. The summed E-state index contributed by atoms with van der Waals surface area (Å²) in [5, 5.41) is 1.27. The average molecular weight is 297 g/mol. The number of nitrogens with two attached hydrogens (primary N) is 1. The number of hydrazine groups is 1. The van der Waals surface area contributed by atoms with E-state index in [-0.39, 0.29) is 0 Å². The molecule has 2 rings (SSSR count). The predicted molar refractivity (Wildman–Crippen MR) is 77.4 cm³/mol. The molecule has 0 aliphatic rings. The molecule has 1 heterocycles. The van der Waals surface area contributed by atoms with Crippen LogP contribution in [0.3, 0.4) is 0 Å². The Labute approximate surface area is 120 Å². The third-order valence-electron chi connectivity index (χ3n) is 2.29. The molecule has 0 saturated heterocycles. The first-order chi connectivity index (χ1) is 9.21. The van der Waals surface area contributed by atoms with E-state index in [0.29, 0.717) is 28.5 Å². The Kier molecular flexibility index (Phi) is 4.84. The number of nitrogen functional groups attached to an aromatic ring is 1. The van der Waals surface area contributed by atoms with Gasteiger partial charge in [-0.3, -0.25) is 0 Å². The third kappa shape index (κ3) is 3.99. The summed E-state index contributed by atoms with van der Waals surface area (Å²) in [4.78, 5) is 8.39. The SMILES string of the molecule is CSc1nc(NN)cc(OCc2cccc(Cl)c2)n1. The third-order valence-corrected chi connectivity index (χ3v) is 3.07. The topological polar surface area (TPSA) is 73.1 Å². The zero-order valence-electron chi connectivity index (χ0n) is 10.3. The lowest BCUT2D eigenvalue weighted by Gasteiger charge is -2.08. The van der Waals surface area contributed by atoms with Gasteiger partial charge in [-0.1, -0.05) is 35.5 Å². The first-order valence-corrected chi connectivity index (χ1v) is 7.08. The average Bonchev–Trinajstić information content (AvgIpc) is 2.44. The van der Waals surface area contributed by atoms with Crippen molar-refractivity contribution >= 4 is 29.2 Å². The molecule has 0 unspecified atom stereocenters. The van der Waals surface area contributed by atoms with Crippen molar-refractivity contribution in [2.45, 2.75) is 11.8 Å². The number of hydrogen-bond acceptors (Lipinski definition) is 6. The van der Waals surface area contributed by atoms with E-state index in [9.17, 15) is 0 Å². The van der Waals surface area contributed by atoms with Gasteiger partial charge in [-0.2, -0.15) is 4.98 Å². The van der Waals surface area contributed by atoms with Crippen LogP contribution in [0.2, 0.25) is 5.02 Å². The quantitative estimate of drug-likeness (QED) is 0.382. The monoisotopic (exact) mass is 296 g/mol. The summed E-state index contributed by atoms with van der Waals surface area (Å²) >= 11 is 7.33. The van der Waals surface area contributed by atoms with E-state index in [0.717, 1.165) is 5.56 Å². The molecule has 0 amide bonds. The van der Waals surface area contributed by atoms with Crippen molar-refractivity contribution in [3.63, 3.8) is 0 Å². The Morgan fingerprint density at radius 3 is 2.89 bits per heavy atom. The number of benzene rings is 1. The Morgan fingerprint density at radius 1 is 1.37 bits per heavy atom. The fourth-order valence-electron chi connectivity index (χ4n) is 1.43. The molecule has 0 fully saturated rings. The summed E-state index contributed by atoms with van der Waals surface area (Å²) in [5.41, 5.74) is 3.46. The molecule has 19 heavy (non-hydrogen) atoms. The maximum atomic E-state index is 5.91. The Morgan fingerprint density at radius 2 is 2.21 bits per heavy atom. The molecule has 1 aromatic carbocycles. The van der Waals surface area contributed by atoms with Crippen molar-refractivity contribution < 1.29 is 4.74 Å². The predicted octanol–water partition coefficient (Wildman–Crippen LogP) is 2.72. The van der Waals surface area contributed by atoms with Crippen LogP contribution in [0.4, 0.5) is 5.82 Å². The minimum atomic E-state index is 0.384. The fraction of sp³-hybridized carbons (Fsp3) is 0.167. The van der Waals surface area contributed by atoms with Crippen LogP contribution in [0, 0.1) is 0 Å². The van der Waals surface area contributed by atoms with Gasteiger partial charge in [0.15, 0.2) is 5.16 Å². The number of anilines is 1. The first kappa shape index (κ1) is 13.9. The highest BCUT2D eigenvalue weighted by Crippen LogP contribution is 2.19. The molecule has 100 valence electrons. The van der Waals surface area contributed by atoms with Crippen LogP contribution in [-0.4, -0.2) is 16.2 Å². The number of hydrogen-bond donors (Lipinski definition) is 2. The second kappa shape index (κ2) is 6.60. The number of nitrogens with one attached hydrogen (secondary N) is 1. The van der Waals surface area contributed by atoms with E-state index in [2.05, 4.69) is 15.4 Å². The van der Waals surface area contributed by atoms with Gasteiger partial charge >= 0.3 is 0 Å². The molecule has 0 spiro atoms. The van der Waals surface area contributed by atoms with Gasteiger partial charge in [0.25, 0.3) is 0 Å². The highest BCUT2D eigenvalue weighted by atomic mass is 35.5. The molecule has 3 N–H and O–H groups in total. The van der Waals surface area contributed by atoms with E-state index >= 15 is 0 Å². The second-order valence-corrected chi connectivity index (χ2v) is 4.85. The molecule has 0 bridgehead atoms. The van der Waals surface area contributed by atoms with E-state index in [1.165, 1.54) is 11.8 Å². The van der Waals surface area contributed by atoms with Gasteiger partial charge in [0.1, 0.15) is 12.4 Å². The van der Waals surface area contributed by atoms with Crippen LogP contribution < -0.4 is 16.0 Å². The summed E-state index contributed by atoms with van der Waals surface area (Å²) in [6.07, 6.45) is 1.89. The Bertz CT molecular complexity index is 545. The molecule has 7 heteroatoms.